The van der Waals surface area contributed by atoms with Gasteiger partial charge in [0.1, 0.15) is 0 Å². The number of aliphatic hydroxyl groups excluding tert-OH is 1. The number of hydrogen-bond donors (Lipinski definition) is 1. The van der Waals surface area contributed by atoms with Crippen LogP contribution in [-0.2, 0) is 6.42 Å². The summed E-state index contributed by atoms with van der Waals surface area (Å²) in [4.78, 5) is 1.84. The molecule has 1 N–H and O–H groups in total. The van der Waals surface area contributed by atoms with Gasteiger partial charge < -0.3 is 10.0 Å². The second-order valence-electron chi connectivity index (χ2n) is 3.87. The highest BCUT2D eigenvalue weighted by atomic mass is 19.2. The Morgan fingerprint density at radius 1 is 1.27 bits per heavy atom. The van der Waals surface area contributed by atoms with Crippen molar-refractivity contribution in [2.45, 2.75) is 12.5 Å². The molecule has 2 nitrogen and oxygen atoms in total. The molecule has 84 valence electrons. The van der Waals surface area contributed by atoms with Crippen LogP contribution < -0.4 is 0 Å². The van der Waals surface area contributed by atoms with Gasteiger partial charge in [-0.15, -0.1) is 0 Å². The van der Waals surface area contributed by atoms with Gasteiger partial charge in [-0.05, 0) is 38.2 Å². The Hall–Kier alpha value is -1.00. The second kappa shape index (κ2) is 5.19. The van der Waals surface area contributed by atoms with E-state index in [0.717, 1.165) is 12.1 Å². The second-order valence-corrected chi connectivity index (χ2v) is 3.87. The largest absolute Gasteiger partial charge is 0.391 e. The minimum atomic E-state index is -0.871. The average Bonchev–Trinajstić information content (AvgIpc) is 2.10. The third-order valence-corrected chi connectivity index (χ3v) is 2.03. The molecular formula is C11H15F2NO. The highest BCUT2D eigenvalue weighted by Crippen LogP contribution is 2.10. The van der Waals surface area contributed by atoms with Crippen LogP contribution in [-0.4, -0.2) is 36.8 Å². The molecule has 1 aromatic rings. The molecule has 0 fully saturated rings. The molecule has 0 aliphatic carbocycles. The van der Waals surface area contributed by atoms with Crippen LogP contribution >= 0.6 is 0 Å². The Bertz CT molecular complexity index is 328. The molecule has 0 spiro atoms. The van der Waals surface area contributed by atoms with Gasteiger partial charge in [-0.1, -0.05) is 6.07 Å². The van der Waals surface area contributed by atoms with Gasteiger partial charge in [-0.25, -0.2) is 8.78 Å². The first-order valence-electron chi connectivity index (χ1n) is 4.75. The van der Waals surface area contributed by atoms with E-state index in [1.54, 1.807) is 0 Å². The van der Waals surface area contributed by atoms with Crippen molar-refractivity contribution < 1.29 is 13.9 Å². The maximum absolute atomic E-state index is 12.8. The number of nitrogens with zero attached hydrogens (tertiary/aromatic N) is 1. The van der Waals surface area contributed by atoms with Gasteiger partial charge in [0.2, 0.25) is 0 Å². The summed E-state index contributed by atoms with van der Waals surface area (Å²) in [5.41, 5.74) is 0.600. The first-order chi connectivity index (χ1) is 6.99. The lowest BCUT2D eigenvalue weighted by molar-refractivity contribution is 0.137. The number of halogens is 2. The van der Waals surface area contributed by atoms with Crippen molar-refractivity contribution in [3.8, 4) is 0 Å². The zero-order valence-electron chi connectivity index (χ0n) is 8.87. The summed E-state index contributed by atoms with van der Waals surface area (Å²) in [6, 6.07) is 3.68. The standard InChI is InChI=1S/C11H15F2NO/c1-14(2)7-9(15)5-8-3-4-10(12)11(13)6-8/h3-4,6,9,15H,5,7H2,1-2H3. The molecule has 0 aliphatic heterocycles. The van der Waals surface area contributed by atoms with Gasteiger partial charge in [0.25, 0.3) is 0 Å². The van der Waals surface area contributed by atoms with E-state index in [1.165, 1.54) is 6.07 Å². The third-order valence-electron chi connectivity index (χ3n) is 2.03. The minimum Gasteiger partial charge on any atom is -0.391 e. The van der Waals surface area contributed by atoms with Crippen LogP contribution in [0, 0.1) is 11.6 Å². The molecule has 0 aliphatic rings. The lowest BCUT2D eigenvalue weighted by atomic mass is 10.1. The van der Waals surface area contributed by atoms with Gasteiger partial charge >= 0.3 is 0 Å². The van der Waals surface area contributed by atoms with Crippen LogP contribution in [0.2, 0.25) is 0 Å². The molecule has 0 bridgehead atoms. The number of rotatable bonds is 4. The Morgan fingerprint density at radius 3 is 2.47 bits per heavy atom. The van der Waals surface area contributed by atoms with Crippen molar-refractivity contribution in [1.82, 2.24) is 4.90 Å². The van der Waals surface area contributed by atoms with E-state index in [1.807, 2.05) is 19.0 Å². The lowest BCUT2D eigenvalue weighted by Crippen LogP contribution is -2.27. The molecular weight excluding hydrogens is 200 g/mol. The normalized spacial score (nSPS) is 13.2. The predicted octanol–water partition coefficient (Wildman–Crippen LogP) is 1.43. The Morgan fingerprint density at radius 2 is 1.93 bits per heavy atom. The van der Waals surface area contributed by atoms with Crippen LogP contribution in [0.3, 0.4) is 0 Å². The molecule has 4 heteroatoms. The van der Waals surface area contributed by atoms with Crippen LogP contribution in [0.25, 0.3) is 0 Å². The molecule has 0 amide bonds. The zero-order valence-corrected chi connectivity index (χ0v) is 8.87. The molecule has 1 atom stereocenters. The van der Waals surface area contributed by atoms with Crippen molar-refractivity contribution in [3.05, 3.63) is 35.4 Å². The van der Waals surface area contributed by atoms with E-state index in [-0.39, 0.29) is 0 Å². The number of hydrogen-bond acceptors (Lipinski definition) is 2. The molecule has 0 radical (unpaired) electrons. The molecule has 0 heterocycles. The summed E-state index contributed by atoms with van der Waals surface area (Å²) < 4.78 is 25.4. The van der Waals surface area contributed by atoms with Crippen LogP contribution in [0.15, 0.2) is 18.2 Å². The summed E-state index contributed by atoms with van der Waals surface area (Å²) in [5, 5.41) is 9.58. The summed E-state index contributed by atoms with van der Waals surface area (Å²) >= 11 is 0. The van der Waals surface area contributed by atoms with Crippen LogP contribution in [0.1, 0.15) is 5.56 Å². The first kappa shape index (κ1) is 12.1. The molecule has 1 aromatic carbocycles. The molecule has 0 aromatic heterocycles. The van der Waals surface area contributed by atoms with E-state index >= 15 is 0 Å². The van der Waals surface area contributed by atoms with E-state index in [2.05, 4.69) is 0 Å². The average molecular weight is 215 g/mol. The van der Waals surface area contributed by atoms with Gasteiger partial charge in [0, 0.05) is 6.54 Å². The van der Waals surface area contributed by atoms with E-state index < -0.39 is 17.7 Å². The zero-order chi connectivity index (χ0) is 11.4. The maximum Gasteiger partial charge on any atom is 0.159 e. The van der Waals surface area contributed by atoms with Gasteiger partial charge in [0.15, 0.2) is 11.6 Å². The highest BCUT2D eigenvalue weighted by Gasteiger charge is 2.09. The lowest BCUT2D eigenvalue weighted by Gasteiger charge is -2.15. The SMILES string of the molecule is CN(C)CC(O)Cc1ccc(F)c(F)c1. The highest BCUT2D eigenvalue weighted by molar-refractivity contribution is 5.18. The van der Waals surface area contributed by atoms with Crippen molar-refractivity contribution in [1.29, 1.82) is 0 Å². The molecule has 0 saturated heterocycles. The Kier molecular flexibility index (Phi) is 4.17. The fourth-order valence-electron chi connectivity index (χ4n) is 1.42. The van der Waals surface area contributed by atoms with Crippen molar-refractivity contribution in [2.75, 3.05) is 20.6 Å². The van der Waals surface area contributed by atoms with E-state index in [9.17, 15) is 13.9 Å². The first-order valence-corrected chi connectivity index (χ1v) is 4.75. The Labute approximate surface area is 88.1 Å². The third kappa shape index (κ3) is 3.93. The van der Waals surface area contributed by atoms with Gasteiger partial charge in [0.05, 0.1) is 6.10 Å². The van der Waals surface area contributed by atoms with Gasteiger partial charge in [-0.2, -0.15) is 0 Å². The Balaban J connectivity index is 2.60. The van der Waals surface area contributed by atoms with Crippen molar-refractivity contribution in [3.63, 3.8) is 0 Å². The quantitative estimate of drug-likeness (QED) is 0.821. The minimum absolute atomic E-state index is 0.329. The topological polar surface area (TPSA) is 23.5 Å². The number of aliphatic hydroxyl groups is 1. The fraction of sp³-hybridized carbons (Fsp3) is 0.455. The molecule has 15 heavy (non-hydrogen) atoms. The van der Waals surface area contributed by atoms with Crippen molar-refractivity contribution >= 4 is 0 Å². The van der Waals surface area contributed by atoms with E-state index in [4.69, 9.17) is 0 Å². The number of benzene rings is 1. The predicted molar refractivity (Wildman–Crippen MR) is 54.6 cm³/mol. The van der Waals surface area contributed by atoms with Gasteiger partial charge in [-0.3, -0.25) is 0 Å². The maximum atomic E-state index is 12.8. The monoisotopic (exact) mass is 215 g/mol. The van der Waals surface area contributed by atoms with Crippen LogP contribution in [0.4, 0.5) is 8.78 Å². The molecule has 0 saturated carbocycles. The van der Waals surface area contributed by atoms with Crippen molar-refractivity contribution in [2.24, 2.45) is 0 Å². The summed E-state index contributed by atoms with van der Waals surface area (Å²) in [5.74, 6) is -1.73. The smallest absolute Gasteiger partial charge is 0.159 e. The molecule has 1 rings (SSSR count). The van der Waals surface area contributed by atoms with E-state index in [0.29, 0.717) is 18.5 Å². The molecule has 1 unspecified atom stereocenters. The number of likely N-dealkylation sites (N-methyl/N-ethyl adjacent to an activating group) is 1. The van der Waals surface area contributed by atoms with Crippen LogP contribution in [0.5, 0.6) is 0 Å². The summed E-state index contributed by atoms with van der Waals surface area (Å²) in [6.07, 6.45) is -0.236. The fourth-order valence-corrected chi connectivity index (χ4v) is 1.42. The summed E-state index contributed by atoms with van der Waals surface area (Å²) in [6.45, 7) is 0.499. The summed E-state index contributed by atoms with van der Waals surface area (Å²) in [7, 11) is 3.68.